The zero-order valence-electron chi connectivity index (χ0n) is 14.7. The number of hydrogen-bond acceptors (Lipinski definition) is 6. The molecule has 0 saturated carbocycles. The fourth-order valence-electron chi connectivity index (χ4n) is 1.73. The minimum atomic E-state index is -0.685. The summed E-state index contributed by atoms with van der Waals surface area (Å²) in [5.41, 5.74) is 0. The van der Waals surface area contributed by atoms with Gasteiger partial charge in [-0.3, -0.25) is 9.59 Å². The maximum atomic E-state index is 11.5. The molecule has 0 spiro atoms. The van der Waals surface area contributed by atoms with Crippen molar-refractivity contribution in [2.45, 2.75) is 26.8 Å². The van der Waals surface area contributed by atoms with Crippen molar-refractivity contribution in [1.82, 2.24) is 10.6 Å². The highest BCUT2D eigenvalue weighted by Gasteiger charge is 2.10. The molecule has 8 heteroatoms. The lowest BCUT2D eigenvalue weighted by molar-refractivity contribution is -0.150. The Morgan fingerprint density at radius 1 is 0.960 bits per heavy atom. The smallest absolute Gasteiger partial charge is 0.344 e. The van der Waals surface area contributed by atoms with Gasteiger partial charge in [-0.1, -0.05) is 0 Å². The van der Waals surface area contributed by atoms with Crippen molar-refractivity contribution >= 4 is 17.8 Å². The van der Waals surface area contributed by atoms with E-state index >= 15 is 0 Å². The highest BCUT2D eigenvalue weighted by atomic mass is 16.6. The van der Waals surface area contributed by atoms with Crippen LogP contribution in [0.3, 0.4) is 0 Å². The van der Waals surface area contributed by atoms with E-state index in [1.165, 1.54) is 0 Å². The number of carbonyl (C=O) groups is 3. The van der Waals surface area contributed by atoms with Gasteiger partial charge in [-0.25, -0.2) is 4.79 Å². The molecule has 0 aromatic heterocycles. The lowest BCUT2D eigenvalue weighted by atomic mass is 10.3. The van der Waals surface area contributed by atoms with E-state index in [4.69, 9.17) is 14.2 Å². The summed E-state index contributed by atoms with van der Waals surface area (Å²) >= 11 is 0. The third kappa shape index (κ3) is 9.19. The monoisotopic (exact) mass is 352 g/mol. The number of ether oxygens (including phenoxy) is 3. The van der Waals surface area contributed by atoms with Crippen molar-refractivity contribution in [1.29, 1.82) is 0 Å². The summed E-state index contributed by atoms with van der Waals surface area (Å²) in [6.45, 7) is 5.10. The molecule has 0 aliphatic rings. The molecule has 0 fully saturated rings. The average molecular weight is 352 g/mol. The molecule has 0 radical (unpaired) electrons. The predicted octanol–water partition coefficient (Wildman–Crippen LogP) is 0.648. The van der Waals surface area contributed by atoms with Gasteiger partial charge in [0, 0.05) is 6.04 Å². The van der Waals surface area contributed by atoms with E-state index in [9.17, 15) is 14.4 Å². The van der Waals surface area contributed by atoms with Gasteiger partial charge in [-0.2, -0.15) is 0 Å². The largest absolute Gasteiger partial charge is 0.494 e. The van der Waals surface area contributed by atoms with E-state index < -0.39 is 18.5 Å². The molecule has 138 valence electrons. The van der Waals surface area contributed by atoms with Crippen LogP contribution in [-0.4, -0.2) is 50.2 Å². The first-order chi connectivity index (χ1) is 11.9. The predicted molar refractivity (Wildman–Crippen MR) is 90.4 cm³/mol. The summed E-state index contributed by atoms with van der Waals surface area (Å²) in [5, 5.41) is 4.98. The topological polar surface area (TPSA) is 103 Å². The summed E-state index contributed by atoms with van der Waals surface area (Å²) in [7, 11) is 0. The van der Waals surface area contributed by atoms with Crippen LogP contribution in [-0.2, 0) is 19.1 Å². The van der Waals surface area contributed by atoms with Gasteiger partial charge in [0.05, 0.1) is 13.2 Å². The molecule has 2 N–H and O–H groups in total. The van der Waals surface area contributed by atoms with Crippen molar-refractivity contribution < 1.29 is 28.6 Å². The molecule has 1 aromatic carbocycles. The maximum Gasteiger partial charge on any atom is 0.344 e. The second-order valence-electron chi connectivity index (χ2n) is 5.35. The second-order valence-corrected chi connectivity index (χ2v) is 5.35. The molecule has 2 amide bonds. The molecule has 0 saturated heterocycles. The Labute approximate surface area is 146 Å². The van der Waals surface area contributed by atoms with E-state index in [1.54, 1.807) is 24.3 Å². The van der Waals surface area contributed by atoms with E-state index in [2.05, 4.69) is 10.6 Å². The van der Waals surface area contributed by atoms with Crippen LogP contribution in [0.2, 0.25) is 0 Å². The Morgan fingerprint density at radius 2 is 1.56 bits per heavy atom. The third-order valence-corrected chi connectivity index (χ3v) is 2.75. The SMILES string of the molecule is CCOc1ccc(OCC(=O)OCC(=O)NCC(=O)NC(C)C)cc1. The van der Waals surface area contributed by atoms with Gasteiger partial charge in [0.2, 0.25) is 5.91 Å². The van der Waals surface area contributed by atoms with Crippen molar-refractivity contribution in [3.05, 3.63) is 24.3 Å². The molecule has 0 heterocycles. The summed E-state index contributed by atoms with van der Waals surface area (Å²) in [5.74, 6) is -0.372. The van der Waals surface area contributed by atoms with Crippen LogP contribution in [0.15, 0.2) is 24.3 Å². The molecule has 25 heavy (non-hydrogen) atoms. The molecule has 0 bridgehead atoms. The number of rotatable bonds is 10. The molecule has 0 unspecified atom stereocenters. The van der Waals surface area contributed by atoms with Crippen molar-refractivity contribution in [2.75, 3.05) is 26.4 Å². The molecule has 8 nitrogen and oxygen atoms in total. The summed E-state index contributed by atoms with van der Waals surface area (Å²) < 4.78 is 15.3. The van der Waals surface area contributed by atoms with Gasteiger partial charge in [-0.05, 0) is 45.0 Å². The van der Waals surface area contributed by atoms with Gasteiger partial charge in [0.25, 0.3) is 5.91 Å². The lowest BCUT2D eigenvalue weighted by Crippen LogP contribution is -2.41. The minimum absolute atomic E-state index is 0.0121. The summed E-state index contributed by atoms with van der Waals surface area (Å²) in [6.07, 6.45) is 0. The quantitative estimate of drug-likeness (QED) is 0.599. The highest BCUT2D eigenvalue weighted by molar-refractivity contribution is 5.86. The number of nitrogens with one attached hydrogen (secondary N) is 2. The van der Waals surface area contributed by atoms with Crippen LogP contribution < -0.4 is 20.1 Å². The number of hydrogen-bond donors (Lipinski definition) is 2. The second kappa shape index (κ2) is 10.9. The molecule has 1 rings (SSSR count). The van der Waals surface area contributed by atoms with Gasteiger partial charge >= 0.3 is 5.97 Å². The van der Waals surface area contributed by atoms with Gasteiger partial charge < -0.3 is 24.8 Å². The number of carbonyl (C=O) groups excluding carboxylic acids is 3. The standard InChI is InChI=1S/C17H24N2O6/c1-4-23-13-5-7-14(8-6-13)24-11-17(22)25-10-16(21)18-9-15(20)19-12(2)3/h5-8,12H,4,9-11H2,1-3H3,(H,18,21)(H,19,20). The van der Waals surface area contributed by atoms with Crippen LogP contribution in [0.25, 0.3) is 0 Å². The van der Waals surface area contributed by atoms with Gasteiger partial charge in [-0.15, -0.1) is 0 Å². The minimum Gasteiger partial charge on any atom is -0.494 e. The van der Waals surface area contributed by atoms with Crippen molar-refractivity contribution in [3.63, 3.8) is 0 Å². The fraction of sp³-hybridized carbons (Fsp3) is 0.471. The van der Waals surface area contributed by atoms with Crippen molar-refractivity contribution in [3.8, 4) is 11.5 Å². The Balaban J connectivity index is 2.21. The van der Waals surface area contributed by atoms with Gasteiger partial charge in [0.15, 0.2) is 13.2 Å². The first-order valence-electron chi connectivity index (χ1n) is 7.98. The molecule has 0 atom stereocenters. The van der Waals surface area contributed by atoms with Crippen LogP contribution in [0.1, 0.15) is 20.8 Å². The zero-order chi connectivity index (χ0) is 18.7. The molecular weight excluding hydrogens is 328 g/mol. The first-order valence-corrected chi connectivity index (χ1v) is 7.98. The van der Waals surface area contributed by atoms with E-state index in [0.717, 1.165) is 0 Å². The fourth-order valence-corrected chi connectivity index (χ4v) is 1.73. The third-order valence-electron chi connectivity index (χ3n) is 2.75. The number of benzene rings is 1. The zero-order valence-corrected chi connectivity index (χ0v) is 14.7. The molecular formula is C17H24N2O6. The highest BCUT2D eigenvalue weighted by Crippen LogP contribution is 2.17. The number of amides is 2. The molecule has 1 aromatic rings. The van der Waals surface area contributed by atoms with Crippen LogP contribution in [0, 0.1) is 0 Å². The molecule has 0 aliphatic heterocycles. The van der Waals surface area contributed by atoms with E-state index in [1.807, 2.05) is 20.8 Å². The number of esters is 1. The van der Waals surface area contributed by atoms with E-state index in [-0.39, 0.29) is 25.1 Å². The maximum absolute atomic E-state index is 11.5. The van der Waals surface area contributed by atoms with Crippen molar-refractivity contribution in [2.24, 2.45) is 0 Å². The molecule has 0 aliphatic carbocycles. The average Bonchev–Trinajstić information content (AvgIpc) is 2.57. The normalized spacial score (nSPS) is 10.1. The lowest BCUT2D eigenvalue weighted by Gasteiger charge is -2.10. The first kappa shape index (κ1) is 20.3. The summed E-state index contributed by atoms with van der Waals surface area (Å²) in [6, 6.07) is 6.76. The summed E-state index contributed by atoms with van der Waals surface area (Å²) in [4.78, 5) is 34.4. The Kier molecular flexibility index (Phi) is 8.84. The van der Waals surface area contributed by atoms with Crippen LogP contribution >= 0.6 is 0 Å². The Bertz CT molecular complexity index is 571. The Morgan fingerprint density at radius 3 is 2.12 bits per heavy atom. The van der Waals surface area contributed by atoms with Crippen LogP contribution in [0.4, 0.5) is 0 Å². The van der Waals surface area contributed by atoms with Crippen LogP contribution in [0.5, 0.6) is 11.5 Å². The van der Waals surface area contributed by atoms with Gasteiger partial charge in [0.1, 0.15) is 11.5 Å². The van der Waals surface area contributed by atoms with E-state index in [0.29, 0.717) is 18.1 Å². The Hall–Kier alpha value is -2.77.